The number of benzene rings is 2. The Labute approximate surface area is 145 Å². The smallest absolute Gasteiger partial charge is 0.0966 e. The van der Waals surface area contributed by atoms with Crippen molar-refractivity contribution in [1.82, 2.24) is 19.1 Å². The minimum Gasteiger partial charge on any atom is -0.412 e. The lowest BCUT2D eigenvalue weighted by molar-refractivity contribution is 0.824. The van der Waals surface area contributed by atoms with Gasteiger partial charge in [-0.3, -0.25) is 0 Å². The summed E-state index contributed by atoms with van der Waals surface area (Å²) in [6, 6.07) is 16.0. The monoisotopic (exact) mass is 328 g/mol. The molecule has 5 nitrogen and oxygen atoms in total. The van der Waals surface area contributed by atoms with Gasteiger partial charge < -0.3 is 14.6 Å². The van der Waals surface area contributed by atoms with Gasteiger partial charge in [0.15, 0.2) is 0 Å². The Kier molecular flexibility index (Phi) is 4.80. The molecule has 4 aromatic rings. The van der Waals surface area contributed by atoms with E-state index < -0.39 is 0 Å². The van der Waals surface area contributed by atoms with Crippen LogP contribution in [-0.2, 0) is 13.1 Å². The number of para-hydroxylation sites is 4. The number of nitrogens with zero attached hydrogens (tertiary/aromatic N) is 4. The Morgan fingerprint density at radius 3 is 1.60 bits per heavy atom. The van der Waals surface area contributed by atoms with Gasteiger partial charge in [-0.1, -0.05) is 36.1 Å². The minimum atomic E-state index is 0. The van der Waals surface area contributed by atoms with Crippen molar-refractivity contribution in [2.24, 2.45) is 0 Å². The largest absolute Gasteiger partial charge is 0.412 e. The summed E-state index contributed by atoms with van der Waals surface area (Å²) in [7, 11) is 0. The molecule has 2 heterocycles. The fraction of sp³-hybridized carbons (Fsp3) is 0.100. The predicted molar refractivity (Wildman–Crippen MR) is 98.6 cm³/mol. The zero-order valence-corrected chi connectivity index (χ0v) is 13.5. The van der Waals surface area contributed by atoms with Crippen LogP contribution in [0.1, 0.15) is 0 Å². The quantitative estimate of drug-likeness (QED) is 0.530. The number of fused-ring (bicyclic) bond motifs is 2. The van der Waals surface area contributed by atoms with Crippen LogP contribution < -0.4 is 0 Å². The van der Waals surface area contributed by atoms with Gasteiger partial charge in [-0.2, -0.15) is 0 Å². The standard InChI is InChI=1S/C20H14N4.H2O/c1(7-13-23-15-21-17-9-3-5-11-19(17)23)2-8-14-24-16-22-18-10-4-6-12-20(18)24;/h3-6,9-12,15-16H,13-14H2;1H2. The van der Waals surface area contributed by atoms with Gasteiger partial charge in [0.05, 0.1) is 47.8 Å². The van der Waals surface area contributed by atoms with Gasteiger partial charge >= 0.3 is 0 Å². The molecular formula is C20H16N4O. The number of rotatable bonds is 2. The van der Waals surface area contributed by atoms with Gasteiger partial charge in [-0.05, 0) is 36.1 Å². The summed E-state index contributed by atoms with van der Waals surface area (Å²) in [5.74, 6) is 12.0. The summed E-state index contributed by atoms with van der Waals surface area (Å²) < 4.78 is 4.04. The molecule has 2 aromatic carbocycles. The third-order valence-corrected chi connectivity index (χ3v) is 3.79. The van der Waals surface area contributed by atoms with E-state index in [0.29, 0.717) is 13.1 Å². The second kappa shape index (κ2) is 7.35. The van der Waals surface area contributed by atoms with Crippen LogP contribution in [0.2, 0.25) is 0 Å². The molecule has 0 aliphatic carbocycles. The number of hydrogen-bond donors (Lipinski definition) is 0. The molecule has 4 rings (SSSR count). The van der Waals surface area contributed by atoms with E-state index >= 15 is 0 Å². The molecule has 0 bridgehead atoms. The SMILES string of the molecule is C(C#CCn1cnc2ccccc21)#CCn1cnc2ccccc21.O. The van der Waals surface area contributed by atoms with Gasteiger partial charge in [-0.15, -0.1) is 0 Å². The zero-order chi connectivity index (χ0) is 16.2. The fourth-order valence-electron chi connectivity index (χ4n) is 2.61. The van der Waals surface area contributed by atoms with Crippen LogP contribution in [0.15, 0.2) is 61.2 Å². The Morgan fingerprint density at radius 2 is 1.12 bits per heavy atom. The number of aromatic nitrogens is 4. The first kappa shape index (κ1) is 16.3. The van der Waals surface area contributed by atoms with Crippen molar-refractivity contribution in [3.8, 4) is 23.7 Å². The average molecular weight is 328 g/mol. The van der Waals surface area contributed by atoms with E-state index in [-0.39, 0.29) is 5.48 Å². The molecule has 122 valence electrons. The maximum absolute atomic E-state index is 4.35. The molecule has 0 radical (unpaired) electrons. The highest BCUT2D eigenvalue weighted by Gasteiger charge is 1.99. The van der Waals surface area contributed by atoms with E-state index in [4.69, 9.17) is 0 Å². The lowest BCUT2D eigenvalue weighted by Crippen LogP contribution is -1.93. The van der Waals surface area contributed by atoms with Gasteiger partial charge in [-0.25, -0.2) is 9.97 Å². The highest BCUT2D eigenvalue weighted by atomic mass is 16.0. The average Bonchev–Trinajstić information content (AvgIpc) is 3.22. The van der Waals surface area contributed by atoms with Gasteiger partial charge in [0.2, 0.25) is 0 Å². The van der Waals surface area contributed by atoms with Crippen molar-refractivity contribution < 1.29 is 5.48 Å². The first-order chi connectivity index (χ1) is 11.9. The lowest BCUT2D eigenvalue weighted by Gasteiger charge is -1.96. The molecule has 0 amide bonds. The van der Waals surface area contributed by atoms with Gasteiger partial charge in [0.1, 0.15) is 0 Å². The summed E-state index contributed by atoms with van der Waals surface area (Å²) in [6.45, 7) is 1.17. The molecule has 25 heavy (non-hydrogen) atoms. The topological polar surface area (TPSA) is 67.1 Å². The predicted octanol–water partition coefficient (Wildman–Crippen LogP) is 2.27. The van der Waals surface area contributed by atoms with Crippen LogP contribution in [0.3, 0.4) is 0 Å². The normalized spacial score (nSPS) is 9.76. The lowest BCUT2D eigenvalue weighted by atomic mass is 10.3. The Morgan fingerprint density at radius 1 is 0.680 bits per heavy atom. The summed E-state index contributed by atoms with van der Waals surface area (Å²) in [5.41, 5.74) is 4.14. The van der Waals surface area contributed by atoms with Crippen molar-refractivity contribution in [2.45, 2.75) is 13.1 Å². The van der Waals surface area contributed by atoms with Crippen molar-refractivity contribution in [1.29, 1.82) is 0 Å². The van der Waals surface area contributed by atoms with Crippen LogP contribution in [0.5, 0.6) is 0 Å². The summed E-state index contributed by atoms with van der Waals surface area (Å²) in [6.07, 6.45) is 3.62. The third kappa shape index (κ3) is 3.37. The second-order valence-electron chi connectivity index (χ2n) is 5.33. The molecular weight excluding hydrogens is 312 g/mol. The molecule has 0 spiro atoms. The number of imidazole rings is 2. The molecule has 0 aliphatic heterocycles. The fourth-order valence-corrected chi connectivity index (χ4v) is 2.61. The molecule has 0 saturated heterocycles. The van der Waals surface area contributed by atoms with Crippen LogP contribution in [0.25, 0.3) is 22.1 Å². The molecule has 0 aliphatic rings. The Hall–Kier alpha value is -3.54. The molecule has 5 heteroatoms. The third-order valence-electron chi connectivity index (χ3n) is 3.79. The van der Waals surface area contributed by atoms with Gasteiger partial charge in [0.25, 0.3) is 0 Å². The second-order valence-corrected chi connectivity index (χ2v) is 5.33. The molecule has 2 N–H and O–H groups in total. The molecule has 0 unspecified atom stereocenters. The van der Waals surface area contributed by atoms with Crippen LogP contribution >= 0.6 is 0 Å². The van der Waals surface area contributed by atoms with Crippen molar-refractivity contribution in [2.75, 3.05) is 0 Å². The van der Waals surface area contributed by atoms with Gasteiger partial charge in [0, 0.05) is 0 Å². The highest BCUT2D eigenvalue weighted by Crippen LogP contribution is 2.11. The molecule has 0 saturated carbocycles. The molecule has 2 aromatic heterocycles. The van der Waals surface area contributed by atoms with Crippen molar-refractivity contribution in [3.05, 3.63) is 61.2 Å². The Bertz CT molecular complexity index is 1040. The van der Waals surface area contributed by atoms with Crippen LogP contribution in [0.4, 0.5) is 0 Å². The minimum absolute atomic E-state index is 0. The summed E-state index contributed by atoms with van der Waals surface area (Å²) in [4.78, 5) is 8.69. The maximum atomic E-state index is 4.35. The van der Waals surface area contributed by atoms with Crippen LogP contribution in [-0.4, -0.2) is 24.6 Å². The van der Waals surface area contributed by atoms with E-state index in [1.165, 1.54) is 0 Å². The highest BCUT2D eigenvalue weighted by molar-refractivity contribution is 5.75. The van der Waals surface area contributed by atoms with Crippen molar-refractivity contribution in [3.63, 3.8) is 0 Å². The Balaban J connectivity index is 0.00000182. The molecule has 0 atom stereocenters. The molecule has 0 fully saturated rings. The zero-order valence-electron chi connectivity index (χ0n) is 13.5. The summed E-state index contributed by atoms with van der Waals surface area (Å²) >= 11 is 0. The van der Waals surface area contributed by atoms with E-state index in [0.717, 1.165) is 22.1 Å². The van der Waals surface area contributed by atoms with E-state index in [1.807, 2.05) is 70.3 Å². The maximum Gasteiger partial charge on any atom is 0.0966 e. The van der Waals surface area contributed by atoms with E-state index in [1.54, 1.807) is 0 Å². The van der Waals surface area contributed by atoms with Crippen molar-refractivity contribution >= 4 is 22.1 Å². The first-order valence-corrected chi connectivity index (χ1v) is 7.67. The first-order valence-electron chi connectivity index (χ1n) is 7.67. The van der Waals surface area contributed by atoms with E-state index in [9.17, 15) is 0 Å². The summed E-state index contributed by atoms with van der Waals surface area (Å²) in [5, 5.41) is 0. The number of hydrogen-bond acceptors (Lipinski definition) is 2. The van der Waals surface area contributed by atoms with Crippen LogP contribution in [0, 0.1) is 23.7 Å². The van der Waals surface area contributed by atoms with E-state index in [2.05, 4.69) is 33.6 Å².